The molecule has 2 aromatic rings. The van der Waals surface area contributed by atoms with Crippen LogP contribution in [0, 0.1) is 5.41 Å². The highest BCUT2D eigenvalue weighted by molar-refractivity contribution is 6.18. The van der Waals surface area contributed by atoms with Gasteiger partial charge in [-0.05, 0) is 25.0 Å². The number of nitrogens with one attached hydrogen (secondary N) is 1. The van der Waals surface area contributed by atoms with Gasteiger partial charge in [0.25, 0.3) is 5.91 Å². The summed E-state index contributed by atoms with van der Waals surface area (Å²) in [5.41, 5.74) is 1.25. The van der Waals surface area contributed by atoms with E-state index >= 15 is 0 Å². The first-order valence-corrected chi connectivity index (χ1v) is 7.87. The van der Waals surface area contributed by atoms with E-state index < -0.39 is 0 Å². The first-order chi connectivity index (χ1) is 10.1. The van der Waals surface area contributed by atoms with Crippen molar-refractivity contribution in [3.05, 3.63) is 42.1 Å². The maximum absolute atomic E-state index is 12.3. The molecule has 0 atom stereocenters. The fourth-order valence-corrected chi connectivity index (χ4v) is 2.76. The molecule has 0 aliphatic heterocycles. The minimum Gasteiger partial charge on any atom is -0.350 e. The lowest BCUT2D eigenvalue weighted by Crippen LogP contribution is -2.38. The van der Waals surface area contributed by atoms with Crippen molar-refractivity contribution in [2.75, 3.05) is 12.4 Å². The molecule has 0 aliphatic carbocycles. The van der Waals surface area contributed by atoms with E-state index in [2.05, 4.69) is 24.1 Å². The molecule has 1 aromatic heterocycles. The molecule has 1 N–H and O–H groups in total. The van der Waals surface area contributed by atoms with Gasteiger partial charge in [-0.15, -0.1) is 11.6 Å². The van der Waals surface area contributed by atoms with E-state index in [1.54, 1.807) is 6.07 Å². The predicted molar refractivity (Wildman–Crippen MR) is 87.8 cm³/mol. The number of pyridine rings is 1. The van der Waals surface area contributed by atoms with Gasteiger partial charge in [0.15, 0.2) is 0 Å². The highest BCUT2D eigenvalue weighted by Gasteiger charge is 2.26. The van der Waals surface area contributed by atoms with Gasteiger partial charge in [-0.1, -0.05) is 38.1 Å². The fourth-order valence-electron chi connectivity index (χ4n) is 2.29. The van der Waals surface area contributed by atoms with Crippen LogP contribution >= 0.6 is 11.6 Å². The molecule has 21 heavy (non-hydrogen) atoms. The summed E-state index contributed by atoms with van der Waals surface area (Å²) >= 11 is 6.07. The van der Waals surface area contributed by atoms with Gasteiger partial charge in [-0.2, -0.15) is 0 Å². The molecule has 0 fully saturated rings. The van der Waals surface area contributed by atoms with Gasteiger partial charge in [0.05, 0.1) is 5.52 Å². The van der Waals surface area contributed by atoms with Crippen LogP contribution in [0.4, 0.5) is 0 Å². The monoisotopic (exact) mass is 304 g/mol. The Balaban J connectivity index is 2.11. The summed E-state index contributed by atoms with van der Waals surface area (Å²) < 4.78 is 0. The summed E-state index contributed by atoms with van der Waals surface area (Å²) in [6, 6.07) is 11.5. The molecule has 0 radical (unpaired) electrons. The van der Waals surface area contributed by atoms with Crippen LogP contribution in [0.2, 0.25) is 0 Å². The Labute approximate surface area is 130 Å². The van der Waals surface area contributed by atoms with Crippen LogP contribution in [0.5, 0.6) is 0 Å². The normalized spacial score (nSPS) is 11.6. The Bertz CT molecular complexity index is 615. The average Bonchev–Trinajstić information content (AvgIpc) is 2.56. The van der Waals surface area contributed by atoms with Crippen molar-refractivity contribution in [3.8, 4) is 0 Å². The van der Waals surface area contributed by atoms with E-state index in [-0.39, 0.29) is 11.3 Å². The molecule has 112 valence electrons. The number of halogens is 1. The Morgan fingerprint density at radius 3 is 2.57 bits per heavy atom. The van der Waals surface area contributed by atoms with Crippen LogP contribution in [-0.4, -0.2) is 23.3 Å². The molecule has 1 heterocycles. The molecule has 0 saturated carbocycles. The molecule has 2 rings (SSSR count). The van der Waals surface area contributed by atoms with Gasteiger partial charge >= 0.3 is 0 Å². The number of benzene rings is 1. The topological polar surface area (TPSA) is 42.0 Å². The van der Waals surface area contributed by atoms with E-state index in [0.29, 0.717) is 18.1 Å². The van der Waals surface area contributed by atoms with Crippen molar-refractivity contribution in [2.24, 2.45) is 5.41 Å². The Kier molecular flexibility index (Phi) is 5.18. The van der Waals surface area contributed by atoms with Crippen LogP contribution in [0.1, 0.15) is 37.2 Å². The van der Waals surface area contributed by atoms with Crippen LogP contribution in [0.15, 0.2) is 36.4 Å². The lowest BCUT2D eigenvalue weighted by atomic mass is 9.84. The average molecular weight is 305 g/mol. The molecule has 1 amide bonds. The highest BCUT2D eigenvalue weighted by Crippen LogP contribution is 2.27. The number of carbonyl (C=O) groups is 1. The van der Waals surface area contributed by atoms with Gasteiger partial charge in [-0.25, -0.2) is 4.98 Å². The van der Waals surface area contributed by atoms with E-state index in [9.17, 15) is 4.79 Å². The Morgan fingerprint density at radius 1 is 1.19 bits per heavy atom. The third-order valence-corrected chi connectivity index (χ3v) is 4.81. The Hall–Kier alpha value is -1.61. The minimum absolute atomic E-state index is 0.0337. The van der Waals surface area contributed by atoms with Gasteiger partial charge in [0.2, 0.25) is 0 Å². The molecular weight excluding hydrogens is 284 g/mol. The molecule has 0 aliphatic rings. The molecule has 0 spiro atoms. The van der Waals surface area contributed by atoms with Crippen LogP contribution in [-0.2, 0) is 0 Å². The third-order valence-electron chi connectivity index (χ3n) is 4.24. The molecule has 0 unspecified atom stereocenters. The third kappa shape index (κ3) is 3.53. The number of nitrogens with zero attached hydrogens (tertiary/aromatic N) is 1. The maximum Gasteiger partial charge on any atom is 0.269 e. The zero-order chi connectivity index (χ0) is 15.3. The van der Waals surface area contributed by atoms with Gasteiger partial charge in [0, 0.05) is 23.2 Å². The second-order valence-electron chi connectivity index (χ2n) is 5.41. The second-order valence-corrected chi connectivity index (χ2v) is 5.68. The van der Waals surface area contributed by atoms with Crippen molar-refractivity contribution in [1.82, 2.24) is 10.3 Å². The van der Waals surface area contributed by atoms with Crippen LogP contribution in [0.3, 0.4) is 0 Å². The first kappa shape index (κ1) is 15.8. The number of hydrogen-bond acceptors (Lipinski definition) is 2. The summed E-state index contributed by atoms with van der Waals surface area (Å²) in [5, 5.41) is 4.01. The van der Waals surface area contributed by atoms with Gasteiger partial charge < -0.3 is 5.32 Å². The van der Waals surface area contributed by atoms with E-state index in [0.717, 1.165) is 23.7 Å². The number of alkyl halides is 1. The predicted octanol–water partition coefficient (Wildman–Crippen LogP) is 4.01. The number of fused-ring (bicyclic) bond motifs is 1. The largest absolute Gasteiger partial charge is 0.350 e. The van der Waals surface area contributed by atoms with Crippen molar-refractivity contribution in [1.29, 1.82) is 0 Å². The van der Waals surface area contributed by atoms with E-state index in [1.165, 1.54) is 0 Å². The number of para-hydroxylation sites is 1. The van der Waals surface area contributed by atoms with Crippen molar-refractivity contribution >= 4 is 28.4 Å². The van der Waals surface area contributed by atoms with Gasteiger partial charge in [-0.3, -0.25) is 4.79 Å². The minimum atomic E-state index is -0.142. The molecule has 1 aromatic carbocycles. The van der Waals surface area contributed by atoms with Crippen molar-refractivity contribution in [3.63, 3.8) is 0 Å². The van der Waals surface area contributed by atoms with Crippen LogP contribution in [0.25, 0.3) is 10.9 Å². The van der Waals surface area contributed by atoms with Crippen molar-refractivity contribution < 1.29 is 4.79 Å². The maximum atomic E-state index is 12.3. The smallest absolute Gasteiger partial charge is 0.269 e. The van der Waals surface area contributed by atoms with Gasteiger partial charge in [0.1, 0.15) is 5.69 Å². The Morgan fingerprint density at radius 2 is 1.90 bits per heavy atom. The molecule has 0 saturated heterocycles. The van der Waals surface area contributed by atoms with Crippen LogP contribution < -0.4 is 5.32 Å². The number of amides is 1. The lowest BCUT2D eigenvalue weighted by molar-refractivity contribution is 0.0927. The van der Waals surface area contributed by atoms with E-state index in [1.807, 2.05) is 30.3 Å². The quantitative estimate of drug-likeness (QED) is 0.819. The second kappa shape index (κ2) is 6.90. The fraction of sp³-hybridized carbons (Fsp3) is 0.412. The zero-order valence-electron chi connectivity index (χ0n) is 12.5. The molecule has 0 bridgehead atoms. The molecular formula is C17H21ClN2O. The first-order valence-electron chi connectivity index (χ1n) is 7.34. The standard InChI is InChI=1S/C17H21ClN2O/c1-3-17(4-2,11-18)12-19-16(21)15-10-9-13-7-5-6-8-14(13)20-15/h5-10H,3-4,11-12H2,1-2H3,(H,19,21). The summed E-state index contributed by atoms with van der Waals surface area (Å²) in [4.78, 5) is 16.7. The zero-order valence-corrected chi connectivity index (χ0v) is 13.3. The number of aromatic nitrogens is 1. The lowest BCUT2D eigenvalue weighted by Gasteiger charge is -2.29. The summed E-state index contributed by atoms with van der Waals surface area (Å²) in [7, 11) is 0. The number of rotatable bonds is 6. The SMILES string of the molecule is CCC(CC)(CCl)CNC(=O)c1ccc2ccccc2n1. The highest BCUT2D eigenvalue weighted by atomic mass is 35.5. The number of carbonyl (C=O) groups excluding carboxylic acids is 1. The summed E-state index contributed by atoms with van der Waals surface area (Å²) in [5.74, 6) is 0.406. The molecule has 3 nitrogen and oxygen atoms in total. The molecule has 4 heteroatoms. The van der Waals surface area contributed by atoms with E-state index in [4.69, 9.17) is 11.6 Å². The number of hydrogen-bond donors (Lipinski definition) is 1. The van der Waals surface area contributed by atoms with Crippen molar-refractivity contribution in [2.45, 2.75) is 26.7 Å². The summed E-state index contributed by atoms with van der Waals surface area (Å²) in [6.07, 6.45) is 1.89. The summed E-state index contributed by atoms with van der Waals surface area (Å²) in [6.45, 7) is 4.79.